The second kappa shape index (κ2) is 7.82. The van der Waals surface area contributed by atoms with Crippen LogP contribution in [0.1, 0.15) is 17.2 Å². The molecular weight excluding hydrogens is 302 g/mol. The molecule has 2 rings (SSSR count). The van der Waals surface area contributed by atoms with Gasteiger partial charge < -0.3 is 15.2 Å². The van der Waals surface area contributed by atoms with Crippen molar-refractivity contribution in [2.45, 2.75) is 12.5 Å². The lowest BCUT2D eigenvalue weighted by Crippen LogP contribution is -2.29. The molecule has 22 heavy (non-hydrogen) atoms. The highest BCUT2D eigenvalue weighted by Crippen LogP contribution is 2.18. The normalized spacial score (nSPS) is 11.8. The number of halogens is 1. The summed E-state index contributed by atoms with van der Waals surface area (Å²) in [7, 11) is 1.57. The molecule has 0 bridgehead atoms. The molecule has 0 aromatic heterocycles. The zero-order valence-corrected chi connectivity index (χ0v) is 13.0. The fourth-order valence-electron chi connectivity index (χ4n) is 2.10. The van der Waals surface area contributed by atoms with Crippen LogP contribution in [-0.2, 0) is 11.2 Å². The third-order valence-corrected chi connectivity index (χ3v) is 3.54. The van der Waals surface area contributed by atoms with Crippen LogP contribution in [0.3, 0.4) is 0 Å². The molecule has 0 aliphatic carbocycles. The molecule has 1 amide bonds. The van der Waals surface area contributed by atoms with Gasteiger partial charge in [0.25, 0.3) is 0 Å². The fraction of sp³-hybridized carbons (Fsp3) is 0.235. The summed E-state index contributed by atoms with van der Waals surface area (Å²) in [6, 6.07) is 14.2. The highest BCUT2D eigenvalue weighted by molar-refractivity contribution is 6.30. The van der Waals surface area contributed by atoms with Crippen LogP contribution in [0.15, 0.2) is 48.5 Å². The van der Waals surface area contributed by atoms with Crippen LogP contribution in [0.2, 0.25) is 5.02 Å². The van der Waals surface area contributed by atoms with E-state index in [0.29, 0.717) is 16.3 Å². The average Bonchev–Trinajstić information content (AvgIpc) is 2.54. The Morgan fingerprint density at radius 3 is 2.59 bits per heavy atom. The maximum absolute atomic E-state index is 12.0. The molecule has 1 atom stereocenters. The molecular formula is C17H18ClNO3. The summed E-state index contributed by atoms with van der Waals surface area (Å²) in [5, 5.41) is 13.4. The highest BCUT2D eigenvalue weighted by Gasteiger charge is 2.11. The number of nitrogens with one attached hydrogen (secondary N) is 1. The maximum atomic E-state index is 12.0. The number of para-hydroxylation sites is 1. The first-order chi connectivity index (χ1) is 10.6. The zero-order chi connectivity index (χ0) is 15.9. The van der Waals surface area contributed by atoms with E-state index in [9.17, 15) is 9.90 Å². The lowest BCUT2D eigenvalue weighted by Gasteiger charge is -2.13. The van der Waals surface area contributed by atoms with E-state index in [1.54, 1.807) is 31.4 Å². The predicted molar refractivity (Wildman–Crippen MR) is 86.1 cm³/mol. The van der Waals surface area contributed by atoms with Gasteiger partial charge in [-0.3, -0.25) is 4.79 Å². The number of aliphatic hydroxyl groups is 1. The summed E-state index contributed by atoms with van der Waals surface area (Å²) in [5.41, 5.74) is 1.52. The zero-order valence-electron chi connectivity index (χ0n) is 12.3. The number of hydrogen-bond acceptors (Lipinski definition) is 3. The molecule has 1 unspecified atom stereocenters. The van der Waals surface area contributed by atoms with Gasteiger partial charge in [0.1, 0.15) is 5.75 Å². The van der Waals surface area contributed by atoms with Gasteiger partial charge >= 0.3 is 0 Å². The van der Waals surface area contributed by atoms with Gasteiger partial charge in [-0.15, -0.1) is 0 Å². The molecule has 0 saturated heterocycles. The summed E-state index contributed by atoms with van der Waals surface area (Å²) in [4.78, 5) is 12.0. The number of benzene rings is 2. The van der Waals surface area contributed by atoms with Crippen molar-refractivity contribution in [3.05, 3.63) is 64.7 Å². The van der Waals surface area contributed by atoms with Crippen LogP contribution in [0.5, 0.6) is 5.75 Å². The summed E-state index contributed by atoms with van der Waals surface area (Å²) >= 11 is 5.80. The predicted octanol–water partition coefficient (Wildman–Crippen LogP) is 2.74. The largest absolute Gasteiger partial charge is 0.496 e. The molecule has 0 aliphatic rings. The number of aliphatic hydroxyl groups excluding tert-OH is 1. The molecule has 4 nitrogen and oxygen atoms in total. The minimum Gasteiger partial charge on any atom is -0.496 e. The van der Waals surface area contributed by atoms with E-state index in [1.807, 2.05) is 24.3 Å². The van der Waals surface area contributed by atoms with Crippen LogP contribution in [0, 0.1) is 0 Å². The van der Waals surface area contributed by atoms with Gasteiger partial charge in [-0.1, -0.05) is 41.9 Å². The Balaban J connectivity index is 1.88. The van der Waals surface area contributed by atoms with E-state index in [1.165, 1.54) is 0 Å². The molecule has 0 saturated carbocycles. The number of methoxy groups -OCH3 is 1. The van der Waals surface area contributed by atoms with Gasteiger partial charge in [0.2, 0.25) is 5.91 Å². The number of rotatable bonds is 6. The van der Waals surface area contributed by atoms with Crippen LogP contribution >= 0.6 is 11.6 Å². The number of carbonyl (C=O) groups excluding carboxylic acids is 1. The lowest BCUT2D eigenvalue weighted by atomic mass is 10.1. The number of ether oxygens (including phenoxy) is 1. The standard InChI is InChI=1S/C17H18ClNO3/c1-22-16-5-3-2-4-13(16)10-17(21)19-11-15(20)12-6-8-14(18)9-7-12/h2-9,15,20H,10-11H2,1H3,(H,19,21). The first-order valence-corrected chi connectivity index (χ1v) is 7.30. The molecule has 5 heteroatoms. The van der Waals surface area contributed by atoms with Crippen LogP contribution in [-0.4, -0.2) is 24.7 Å². The van der Waals surface area contributed by atoms with Gasteiger partial charge in [-0.25, -0.2) is 0 Å². The minimum atomic E-state index is -0.765. The van der Waals surface area contributed by atoms with E-state index in [2.05, 4.69) is 5.32 Å². The molecule has 0 radical (unpaired) electrons. The molecule has 116 valence electrons. The first kappa shape index (κ1) is 16.3. The van der Waals surface area contributed by atoms with Crippen molar-refractivity contribution in [2.24, 2.45) is 0 Å². The van der Waals surface area contributed by atoms with Crippen LogP contribution < -0.4 is 10.1 Å². The van der Waals surface area contributed by atoms with Crippen molar-refractivity contribution in [2.75, 3.05) is 13.7 Å². The van der Waals surface area contributed by atoms with E-state index in [0.717, 1.165) is 5.56 Å². The topological polar surface area (TPSA) is 58.6 Å². The van der Waals surface area contributed by atoms with Crippen LogP contribution in [0.4, 0.5) is 0 Å². The van der Waals surface area contributed by atoms with Crippen molar-refractivity contribution in [3.63, 3.8) is 0 Å². The van der Waals surface area contributed by atoms with Gasteiger partial charge in [-0.2, -0.15) is 0 Å². The SMILES string of the molecule is COc1ccccc1CC(=O)NCC(O)c1ccc(Cl)cc1. The van der Waals surface area contributed by atoms with E-state index >= 15 is 0 Å². The van der Waals surface area contributed by atoms with Crippen molar-refractivity contribution < 1.29 is 14.6 Å². The van der Waals surface area contributed by atoms with Gasteiger partial charge in [0.05, 0.1) is 19.6 Å². The van der Waals surface area contributed by atoms with Gasteiger partial charge in [0.15, 0.2) is 0 Å². The Morgan fingerprint density at radius 1 is 1.23 bits per heavy atom. The third-order valence-electron chi connectivity index (χ3n) is 3.29. The summed E-state index contributed by atoms with van der Waals surface area (Å²) in [6.45, 7) is 0.148. The van der Waals surface area contributed by atoms with E-state index in [-0.39, 0.29) is 18.9 Å². The Labute approximate surface area is 134 Å². The molecule has 2 aromatic rings. The Bertz CT molecular complexity index is 628. The fourth-order valence-corrected chi connectivity index (χ4v) is 2.22. The number of carbonyl (C=O) groups is 1. The number of amides is 1. The average molecular weight is 320 g/mol. The molecule has 0 heterocycles. The molecule has 0 fully saturated rings. The molecule has 2 aromatic carbocycles. The monoisotopic (exact) mass is 319 g/mol. The van der Waals surface area contributed by atoms with Gasteiger partial charge in [0, 0.05) is 17.1 Å². The Kier molecular flexibility index (Phi) is 5.81. The summed E-state index contributed by atoms with van der Waals surface area (Å²) < 4.78 is 5.21. The van der Waals surface area contributed by atoms with Gasteiger partial charge in [-0.05, 0) is 23.8 Å². The lowest BCUT2D eigenvalue weighted by molar-refractivity contribution is -0.120. The molecule has 2 N–H and O–H groups in total. The second-order valence-corrected chi connectivity index (χ2v) is 5.30. The van der Waals surface area contributed by atoms with Crippen molar-refractivity contribution in [1.29, 1.82) is 0 Å². The Morgan fingerprint density at radius 2 is 1.91 bits per heavy atom. The maximum Gasteiger partial charge on any atom is 0.224 e. The second-order valence-electron chi connectivity index (χ2n) is 4.86. The molecule has 0 spiro atoms. The van der Waals surface area contributed by atoms with Crippen molar-refractivity contribution in [1.82, 2.24) is 5.32 Å². The van der Waals surface area contributed by atoms with E-state index in [4.69, 9.17) is 16.3 Å². The quantitative estimate of drug-likeness (QED) is 0.860. The summed E-state index contributed by atoms with van der Waals surface area (Å²) in [6.07, 6.45) is -0.559. The first-order valence-electron chi connectivity index (χ1n) is 6.92. The Hall–Kier alpha value is -2.04. The molecule has 0 aliphatic heterocycles. The van der Waals surface area contributed by atoms with Crippen LogP contribution in [0.25, 0.3) is 0 Å². The van der Waals surface area contributed by atoms with Crippen molar-refractivity contribution in [3.8, 4) is 5.75 Å². The highest BCUT2D eigenvalue weighted by atomic mass is 35.5. The van der Waals surface area contributed by atoms with E-state index < -0.39 is 6.10 Å². The minimum absolute atomic E-state index is 0.148. The summed E-state index contributed by atoms with van der Waals surface area (Å²) in [5.74, 6) is 0.508. The third kappa shape index (κ3) is 4.48. The smallest absolute Gasteiger partial charge is 0.224 e. The van der Waals surface area contributed by atoms with Crippen molar-refractivity contribution >= 4 is 17.5 Å². The number of hydrogen-bond donors (Lipinski definition) is 2.